The molecular weight excluding hydrogens is 274 g/mol. The van der Waals surface area contributed by atoms with Crippen LogP contribution >= 0.6 is 11.6 Å². The lowest BCUT2D eigenvalue weighted by molar-refractivity contribution is 0.261. The van der Waals surface area contributed by atoms with E-state index in [4.69, 9.17) is 26.8 Å². The van der Waals surface area contributed by atoms with Crippen molar-refractivity contribution in [2.24, 2.45) is 5.73 Å². The highest BCUT2D eigenvalue weighted by atomic mass is 35.5. The van der Waals surface area contributed by atoms with E-state index in [9.17, 15) is 0 Å². The first-order valence-electron chi connectivity index (χ1n) is 6.56. The summed E-state index contributed by atoms with van der Waals surface area (Å²) in [4.78, 5) is 0. The van der Waals surface area contributed by atoms with Crippen molar-refractivity contribution < 1.29 is 9.47 Å². The Hall–Kier alpha value is -1.71. The van der Waals surface area contributed by atoms with Crippen molar-refractivity contribution in [1.82, 2.24) is 0 Å². The van der Waals surface area contributed by atoms with E-state index >= 15 is 0 Å². The van der Waals surface area contributed by atoms with Gasteiger partial charge in [0.15, 0.2) is 11.5 Å². The molecule has 0 saturated carbocycles. The maximum atomic E-state index is 6.11. The van der Waals surface area contributed by atoms with E-state index in [2.05, 4.69) is 0 Å². The number of hydrogen-bond acceptors (Lipinski definition) is 3. The van der Waals surface area contributed by atoms with Gasteiger partial charge in [0.25, 0.3) is 0 Å². The fourth-order valence-electron chi connectivity index (χ4n) is 1.83. The van der Waals surface area contributed by atoms with Crippen LogP contribution in [0.4, 0.5) is 0 Å². The van der Waals surface area contributed by atoms with Crippen LogP contribution in [0.2, 0.25) is 5.02 Å². The summed E-state index contributed by atoms with van der Waals surface area (Å²) in [5.41, 5.74) is 7.10. The van der Waals surface area contributed by atoms with Crippen LogP contribution in [0.25, 0.3) is 0 Å². The molecule has 0 bridgehead atoms. The lowest BCUT2D eigenvalue weighted by atomic mass is 10.1. The lowest BCUT2D eigenvalue weighted by Crippen LogP contribution is -2.19. The summed E-state index contributed by atoms with van der Waals surface area (Å²) >= 11 is 5.86. The van der Waals surface area contributed by atoms with Crippen molar-refractivity contribution >= 4 is 11.6 Å². The second-order valence-corrected chi connectivity index (χ2v) is 4.79. The van der Waals surface area contributed by atoms with Crippen molar-refractivity contribution in [2.45, 2.75) is 13.0 Å². The zero-order valence-corrected chi connectivity index (χ0v) is 12.1. The summed E-state index contributed by atoms with van der Waals surface area (Å²) in [5.74, 6) is 1.44. The van der Waals surface area contributed by atoms with Crippen molar-refractivity contribution in [2.75, 3.05) is 13.2 Å². The smallest absolute Gasteiger partial charge is 0.161 e. The molecule has 106 valence electrons. The molecule has 0 radical (unpaired) electrons. The normalized spacial score (nSPS) is 11.9. The van der Waals surface area contributed by atoms with E-state index in [1.165, 1.54) is 0 Å². The first-order valence-corrected chi connectivity index (χ1v) is 6.94. The third-order valence-electron chi connectivity index (χ3n) is 2.87. The highest BCUT2D eigenvalue weighted by Gasteiger charge is 2.09. The number of rotatable bonds is 6. The number of hydrogen-bond donors (Lipinski definition) is 1. The highest BCUT2D eigenvalue weighted by molar-refractivity contribution is 6.30. The number of benzene rings is 2. The molecular formula is C16H18ClNO2. The Morgan fingerprint density at radius 1 is 1.00 bits per heavy atom. The van der Waals surface area contributed by atoms with Gasteiger partial charge in [-0.15, -0.1) is 0 Å². The molecule has 2 N–H and O–H groups in total. The first-order chi connectivity index (χ1) is 9.70. The monoisotopic (exact) mass is 291 g/mol. The molecule has 0 aliphatic heterocycles. The van der Waals surface area contributed by atoms with Crippen molar-refractivity contribution in [3.8, 4) is 11.5 Å². The van der Waals surface area contributed by atoms with Gasteiger partial charge >= 0.3 is 0 Å². The topological polar surface area (TPSA) is 44.5 Å². The number of nitrogens with two attached hydrogens (primary N) is 1. The number of halogens is 1. The van der Waals surface area contributed by atoms with Gasteiger partial charge in [-0.2, -0.15) is 0 Å². The Balaban J connectivity index is 1.99. The molecule has 4 heteroatoms. The van der Waals surface area contributed by atoms with Gasteiger partial charge in [0.2, 0.25) is 0 Å². The Bertz CT molecular complexity index is 542. The van der Waals surface area contributed by atoms with E-state index in [-0.39, 0.29) is 6.04 Å². The fourth-order valence-corrected chi connectivity index (χ4v) is 1.96. The molecule has 0 spiro atoms. The van der Waals surface area contributed by atoms with Gasteiger partial charge in [0.05, 0.1) is 12.6 Å². The second kappa shape index (κ2) is 7.17. The van der Waals surface area contributed by atoms with Gasteiger partial charge in [-0.25, -0.2) is 0 Å². The molecule has 0 aromatic heterocycles. The van der Waals surface area contributed by atoms with Crippen molar-refractivity contribution in [3.05, 3.63) is 59.1 Å². The molecule has 0 fully saturated rings. The third-order valence-corrected chi connectivity index (χ3v) is 3.12. The summed E-state index contributed by atoms with van der Waals surface area (Å²) in [7, 11) is 0. The molecule has 1 unspecified atom stereocenters. The predicted molar refractivity (Wildman–Crippen MR) is 81.5 cm³/mol. The summed E-state index contributed by atoms with van der Waals surface area (Å²) in [6, 6.07) is 14.8. The maximum Gasteiger partial charge on any atom is 0.161 e. The van der Waals surface area contributed by atoms with Gasteiger partial charge in [-0.3, -0.25) is 0 Å². The standard InChI is InChI=1S/C16H18ClNO2/c1-2-19-15-5-3-4-6-16(15)20-11-14(18)12-7-9-13(17)10-8-12/h3-10,14H,2,11,18H2,1H3. The van der Waals surface area contributed by atoms with Gasteiger partial charge in [-0.1, -0.05) is 35.9 Å². The summed E-state index contributed by atoms with van der Waals surface area (Å²) < 4.78 is 11.3. The molecule has 0 saturated heterocycles. The highest BCUT2D eigenvalue weighted by Crippen LogP contribution is 2.27. The number of ether oxygens (including phenoxy) is 2. The van der Waals surface area contributed by atoms with Crippen LogP contribution in [0, 0.1) is 0 Å². The lowest BCUT2D eigenvalue weighted by Gasteiger charge is -2.16. The quantitative estimate of drug-likeness (QED) is 0.880. The van der Waals surface area contributed by atoms with Crippen LogP contribution in [0.3, 0.4) is 0 Å². The Kier molecular flexibility index (Phi) is 5.27. The van der Waals surface area contributed by atoms with Crippen LogP contribution in [0.5, 0.6) is 11.5 Å². The van der Waals surface area contributed by atoms with Crippen LogP contribution in [0.1, 0.15) is 18.5 Å². The molecule has 20 heavy (non-hydrogen) atoms. The SMILES string of the molecule is CCOc1ccccc1OCC(N)c1ccc(Cl)cc1. The minimum Gasteiger partial charge on any atom is -0.490 e. The molecule has 0 aliphatic carbocycles. The van der Waals surface area contributed by atoms with Crippen LogP contribution in [0.15, 0.2) is 48.5 Å². The average molecular weight is 292 g/mol. The van der Waals surface area contributed by atoms with E-state index in [1.807, 2.05) is 55.5 Å². The van der Waals surface area contributed by atoms with Gasteiger partial charge in [0.1, 0.15) is 6.61 Å². The zero-order chi connectivity index (χ0) is 14.4. The van der Waals surface area contributed by atoms with Gasteiger partial charge < -0.3 is 15.2 Å². The molecule has 1 atom stereocenters. The van der Waals surface area contributed by atoms with Gasteiger partial charge in [-0.05, 0) is 36.8 Å². The Labute approximate surface area is 124 Å². The minimum atomic E-state index is -0.207. The van der Waals surface area contributed by atoms with Crippen LogP contribution in [-0.2, 0) is 0 Å². The van der Waals surface area contributed by atoms with E-state index in [0.717, 1.165) is 11.3 Å². The molecule has 2 aromatic carbocycles. The molecule has 2 rings (SSSR count). The number of para-hydroxylation sites is 2. The molecule has 0 aliphatic rings. The Morgan fingerprint density at radius 2 is 1.60 bits per heavy atom. The summed E-state index contributed by atoms with van der Waals surface area (Å²) in [6.45, 7) is 2.92. The second-order valence-electron chi connectivity index (χ2n) is 4.35. The summed E-state index contributed by atoms with van der Waals surface area (Å²) in [5, 5.41) is 0.698. The summed E-state index contributed by atoms with van der Waals surface area (Å²) in [6.07, 6.45) is 0. The molecule has 0 heterocycles. The van der Waals surface area contributed by atoms with Gasteiger partial charge in [0, 0.05) is 5.02 Å². The molecule has 2 aromatic rings. The van der Waals surface area contributed by atoms with Crippen LogP contribution in [-0.4, -0.2) is 13.2 Å². The zero-order valence-electron chi connectivity index (χ0n) is 11.4. The first kappa shape index (κ1) is 14.7. The maximum absolute atomic E-state index is 6.11. The van der Waals surface area contributed by atoms with E-state index < -0.39 is 0 Å². The average Bonchev–Trinajstić information content (AvgIpc) is 2.47. The van der Waals surface area contributed by atoms with Crippen molar-refractivity contribution in [3.63, 3.8) is 0 Å². The molecule has 3 nitrogen and oxygen atoms in total. The fraction of sp³-hybridized carbons (Fsp3) is 0.250. The Morgan fingerprint density at radius 3 is 2.20 bits per heavy atom. The predicted octanol–water partition coefficient (Wildman–Crippen LogP) is 3.82. The largest absolute Gasteiger partial charge is 0.490 e. The van der Waals surface area contributed by atoms with Crippen LogP contribution < -0.4 is 15.2 Å². The van der Waals surface area contributed by atoms with Crippen molar-refractivity contribution in [1.29, 1.82) is 0 Å². The van der Waals surface area contributed by atoms with E-state index in [1.54, 1.807) is 0 Å². The minimum absolute atomic E-state index is 0.207. The van der Waals surface area contributed by atoms with E-state index in [0.29, 0.717) is 24.0 Å². The molecule has 0 amide bonds. The third kappa shape index (κ3) is 3.89.